The molecule has 1 saturated carbocycles. The lowest BCUT2D eigenvalue weighted by Gasteiger charge is -2.32. The zero-order valence-corrected chi connectivity index (χ0v) is 11.3. The van der Waals surface area contributed by atoms with Gasteiger partial charge in [-0.2, -0.15) is 0 Å². The van der Waals surface area contributed by atoms with Crippen molar-refractivity contribution in [1.82, 2.24) is 9.88 Å². The molecule has 1 saturated heterocycles. The van der Waals surface area contributed by atoms with Gasteiger partial charge in [-0.05, 0) is 24.8 Å². The molecular formula is C12H14Cl2N2O2. The number of nitrogens with one attached hydrogen (secondary N) is 1. The molecule has 98 valence electrons. The fourth-order valence-electron chi connectivity index (χ4n) is 2.30. The van der Waals surface area contributed by atoms with Gasteiger partial charge in [-0.1, -0.05) is 23.2 Å². The van der Waals surface area contributed by atoms with E-state index in [9.17, 15) is 4.79 Å². The number of nitrogens with zero attached hydrogens (tertiary/aromatic N) is 1. The normalized spacial score (nSPS) is 24.3. The smallest absolute Gasteiger partial charge is 0.270 e. The van der Waals surface area contributed by atoms with Gasteiger partial charge in [-0.25, -0.2) is 0 Å². The quantitative estimate of drug-likeness (QED) is 0.909. The van der Waals surface area contributed by atoms with E-state index in [4.69, 9.17) is 27.9 Å². The molecule has 1 aliphatic carbocycles. The molecule has 1 atom stereocenters. The van der Waals surface area contributed by atoms with E-state index in [-0.39, 0.29) is 12.0 Å². The van der Waals surface area contributed by atoms with Crippen molar-refractivity contribution >= 4 is 29.1 Å². The standard InChI is InChI=1S/C12H14Cl2N2O2/c13-8-5-9(15-11(8)14)12(17)16-3-4-18-10(6-16)7-1-2-7/h5,7,10,15H,1-4,6H2. The molecule has 18 heavy (non-hydrogen) atoms. The molecule has 1 aliphatic heterocycles. The molecule has 1 amide bonds. The van der Waals surface area contributed by atoms with E-state index in [1.807, 2.05) is 4.90 Å². The van der Waals surface area contributed by atoms with Gasteiger partial charge in [0.15, 0.2) is 0 Å². The van der Waals surface area contributed by atoms with Gasteiger partial charge in [-0.15, -0.1) is 0 Å². The molecule has 1 N–H and O–H groups in total. The van der Waals surface area contributed by atoms with Gasteiger partial charge in [0.25, 0.3) is 5.91 Å². The minimum atomic E-state index is -0.0576. The minimum Gasteiger partial charge on any atom is -0.374 e. The fraction of sp³-hybridized carbons (Fsp3) is 0.583. The van der Waals surface area contributed by atoms with Gasteiger partial charge >= 0.3 is 0 Å². The Bertz CT molecular complexity index is 451. The summed E-state index contributed by atoms with van der Waals surface area (Å²) in [5.41, 5.74) is 0.446. The van der Waals surface area contributed by atoms with Gasteiger partial charge in [0.1, 0.15) is 10.8 Å². The summed E-state index contributed by atoms with van der Waals surface area (Å²) in [6, 6.07) is 1.58. The fourth-order valence-corrected chi connectivity index (χ4v) is 2.62. The third-order valence-corrected chi connectivity index (χ3v) is 4.18. The summed E-state index contributed by atoms with van der Waals surface area (Å²) in [6.45, 7) is 1.89. The molecule has 2 fully saturated rings. The molecule has 0 spiro atoms. The maximum atomic E-state index is 12.3. The Morgan fingerprint density at radius 3 is 2.83 bits per heavy atom. The van der Waals surface area contributed by atoms with Gasteiger partial charge in [0.2, 0.25) is 0 Å². The van der Waals surface area contributed by atoms with E-state index in [2.05, 4.69) is 4.98 Å². The monoisotopic (exact) mass is 288 g/mol. The van der Waals surface area contributed by atoms with Crippen LogP contribution in [0, 0.1) is 5.92 Å². The zero-order chi connectivity index (χ0) is 12.7. The highest BCUT2D eigenvalue weighted by atomic mass is 35.5. The molecule has 4 nitrogen and oxygen atoms in total. The molecule has 2 aliphatic rings. The van der Waals surface area contributed by atoms with Crippen LogP contribution in [0.3, 0.4) is 0 Å². The first kappa shape index (κ1) is 12.3. The lowest BCUT2D eigenvalue weighted by atomic mass is 10.2. The van der Waals surface area contributed by atoms with E-state index in [1.165, 1.54) is 12.8 Å². The van der Waals surface area contributed by atoms with Crippen molar-refractivity contribution in [1.29, 1.82) is 0 Å². The Kier molecular flexibility index (Phi) is 3.26. The average molecular weight is 289 g/mol. The number of morpholine rings is 1. The summed E-state index contributed by atoms with van der Waals surface area (Å²) < 4.78 is 5.69. The Balaban J connectivity index is 1.71. The van der Waals surface area contributed by atoms with Gasteiger partial charge < -0.3 is 14.6 Å². The number of aromatic amines is 1. The molecule has 1 aromatic heterocycles. The van der Waals surface area contributed by atoms with E-state index < -0.39 is 0 Å². The summed E-state index contributed by atoms with van der Waals surface area (Å²) in [5, 5.41) is 0.694. The van der Waals surface area contributed by atoms with Crippen molar-refractivity contribution in [2.24, 2.45) is 5.92 Å². The Morgan fingerprint density at radius 1 is 1.44 bits per heavy atom. The molecule has 3 rings (SSSR count). The molecule has 6 heteroatoms. The first-order valence-corrected chi connectivity index (χ1v) is 6.85. The molecule has 2 heterocycles. The predicted molar refractivity (Wildman–Crippen MR) is 69.2 cm³/mol. The Labute approximate surface area is 115 Å². The molecule has 0 aromatic carbocycles. The van der Waals surface area contributed by atoms with Crippen LogP contribution in [-0.4, -0.2) is 41.6 Å². The molecule has 0 radical (unpaired) electrons. The summed E-state index contributed by atoms with van der Waals surface area (Å²) in [6.07, 6.45) is 2.63. The van der Waals surface area contributed by atoms with Crippen LogP contribution >= 0.6 is 23.2 Å². The first-order chi connectivity index (χ1) is 8.65. The first-order valence-electron chi connectivity index (χ1n) is 6.10. The van der Waals surface area contributed by atoms with Crippen molar-refractivity contribution in [2.45, 2.75) is 18.9 Å². The van der Waals surface area contributed by atoms with Crippen LogP contribution in [0.1, 0.15) is 23.3 Å². The van der Waals surface area contributed by atoms with Crippen molar-refractivity contribution in [3.8, 4) is 0 Å². The van der Waals surface area contributed by atoms with E-state index in [0.29, 0.717) is 41.5 Å². The van der Waals surface area contributed by atoms with Crippen LogP contribution < -0.4 is 0 Å². The zero-order valence-electron chi connectivity index (χ0n) is 9.79. The molecular weight excluding hydrogens is 275 g/mol. The number of rotatable bonds is 2. The number of aromatic nitrogens is 1. The Morgan fingerprint density at radius 2 is 2.22 bits per heavy atom. The molecule has 1 aromatic rings. The summed E-state index contributed by atoms with van der Waals surface area (Å²) >= 11 is 11.7. The van der Waals surface area contributed by atoms with Gasteiger partial charge in [-0.3, -0.25) is 4.79 Å². The number of hydrogen-bond donors (Lipinski definition) is 1. The third-order valence-electron chi connectivity index (χ3n) is 3.48. The highest BCUT2D eigenvalue weighted by molar-refractivity contribution is 6.41. The number of halogens is 2. The van der Waals surface area contributed by atoms with Crippen molar-refractivity contribution in [2.75, 3.05) is 19.7 Å². The third kappa shape index (κ3) is 2.37. The second-order valence-corrected chi connectivity index (χ2v) is 5.63. The number of carbonyl (C=O) groups excluding carboxylic acids is 1. The number of amides is 1. The van der Waals surface area contributed by atoms with Crippen LogP contribution in [0.25, 0.3) is 0 Å². The van der Waals surface area contributed by atoms with Crippen molar-refractivity contribution in [3.63, 3.8) is 0 Å². The second kappa shape index (κ2) is 4.76. The molecule has 0 bridgehead atoms. The van der Waals surface area contributed by atoms with Crippen LogP contribution in [0.4, 0.5) is 0 Å². The van der Waals surface area contributed by atoms with E-state index in [0.717, 1.165) is 0 Å². The van der Waals surface area contributed by atoms with Gasteiger partial charge in [0, 0.05) is 13.1 Å². The predicted octanol–water partition coefficient (Wildman–Crippen LogP) is 2.57. The summed E-state index contributed by atoms with van der Waals surface area (Å²) in [5.74, 6) is 0.578. The highest BCUT2D eigenvalue weighted by Crippen LogP contribution is 2.36. The van der Waals surface area contributed by atoms with Crippen LogP contribution in [-0.2, 0) is 4.74 Å². The largest absolute Gasteiger partial charge is 0.374 e. The van der Waals surface area contributed by atoms with Crippen LogP contribution in [0.5, 0.6) is 0 Å². The number of carbonyl (C=O) groups is 1. The lowest BCUT2D eigenvalue weighted by molar-refractivity contribution is -0.0315. The average Bonchev–Trinajstić information content (AvgIpc) is 3.16. The second-order valence-electron chi connectivity index (χ2n) is 4.84. The summed E-state index contributed by atoms with van der Waals surface area (Å²) in [7, 11) is 0. The lowest BCUT2D eigenvalue weighted by Crippen LogP contribution is -2.46. The topological polar surface area (TPSA) is 45.3 Å². The van der Waals surface area contributed by atoms with Crippen LogP contribution in [0.15, 0.2) is 6.07 Å². The van der Waals surface area contributed by atoms with Crippen LogP contribution in [0.2, 0.25) is 10.2 Å². The minimum absolute atomic E-state index is 0.0576. The van der Waals surface area contributed by atoms with E-state index in [1.54, 1.807) is 6.07 Å². The molecule has 1 unspecified atom stereocenters. The SMILES string of the molecule is O=C(c1cc(Cl)c(Cl)[nH]1)N1CCOC(C2CC2)C1. The number of hydrogen-bond acceptors (Lipinski definition) is 2. The Hall–Kier alpha value is -0.710. The summed E-state index contributed by atoms with van der Waals surface area (Å²) in [4.78, 5) is 16.9. The van der Waals surface area contributed by atoms with Crippen molar-refractivity contribution in [3.05, 3.63) is 21.9 Å². The maximum absolute atomic E-state index is 12.3. The van der Waals surface area contributed by atoms with Crippen molar-refractivity contribution < 1.29 is 9.53 Å². The van der Waals surface area contributed by atoms with Gasteiger partial charge in [0.05, 0.1) is 17.7 Å². The maximum Gasteiger partial charge on any atom is 0.270 e. The number of ether oxygens (including phenoxy) is 1. The van der Waals surface area contributed by atoms with E-state index >= 15 is 0 Å². The number of H-pyrrole nitrogens is 1. The highest BCUT2D eigenvalue weighted by Gasteiger charge is 2.36.